The van der Waals surface area contributed by atoms with Crippen molar-refractivity contribution in [1.29, 1.82) is 0 Å². The first-order valence-electron chi connectivity index (χ1n) is 5.73. The second kappa shape index (κ2) is 7.98. The molecule has 2 N–H and O–H groups in total. The predicted octanol–water partition coefficient (Wildman–Crippen LogP) is 0.554. The zero-order chi connectivity index (χ0) is 14.1. The number of carbonyl (C=O) groups is 1. The summed E-state index contributed by atoms with van der Waals surface area (Å²) in [6.07, 6.45) is 1.46. The van der Waals surface area contributed by atoms with Gasteiger partial charge in [0.1, 0.15) is 12.0 Å². The molecule has 0 aromatic carbocycles. The topological polar surface area (TPSA) is 106 Å². The van der Waals surface area contributed by atoms with Crippen molar-refractivity contribution in [3.05, 3.63) is 28.4 Å². The van der Waals surface area contributed by atoms with E-state index < -0.39 is 4.92 Å². The molecule has 1 amide bonds. The largest absolute Gasteiger partial charge is 0.383 e. The number of nitro groups is 1. The summed E-state index contributed by atoms with van der Waals surface area (Å²) in [6.45, 7) is 1.36. The molecular formula is C11H16N4O4. The third-order valence-corrected chi connectivity index (χ3v) is 2.25. The van der Waals surface area contributed by atoms with E-state index in [9.17, 15) is 14.9 Å². The summed E-state index contributed by atoms with van der Waals surface area (Å²) < 4.78 is 4.80. The normalized spacial score (nSPS) is 9.95. The van der Waals surface area contributed by atoms with Crippen molar-refractivity contribution >= 4 is 17.4 Å². The van der Waals surface area contributed by atoms with Crippen LogP contribution in [0.2, 0.25) is 0 Å². The molecule has 0 saturated carbocycles. The molecule has 0 saturated heterocycles. The highest BCUT2D eigenvalue weighted by atomic mass is 16.6. The number of nitrogens with one attached hydrogen (secondary N) is 2. The molecule has 0 fully saturated rings. The van der Waals surface area contributed by atoms with Crippen LogP contribution in [0, 0.1) is 10.1 Å². The van der Waals surface area contributed by atoms with Gasteiger partial charge in [-0.2, -0.15) is 0 Å². The summed E-state index contributed by atoms with van der Waals surface area (Å²) >= 11 is 0. The Labute approximate surface area is 110 Å². The number of anilines is 1. The standard InChI is InChI=1S/C11H16N4O4/c1-19-7-6-13-11(16)4-5-12-10-3-2-9(8-14-10)15(17)18/h2-3,8H,4-7H2,1H3,(H,12,14)(H,13,16). The minimum atomic E-state index is -0.514. The molecule has 0 atom stereocenters. The van der Waals surface area contributed by atoms with Crippen molar-refractivity contribution in [2.24, 2.45) is 0 Å². The number of aromatic nitrogens is 1. The molecule has 1 heterocycles. The highest BCUT2D eigenvalue weighted by Gasteiger charge is 2.05. The summed E-state index contributed by atoms with van der Waals surface area (Å²) in [4.78, 5) is 25.1. The van der Waals surface area contributed by atoms with Gasteiger partial charge in [-0.1, -0.05) is 0 Å². The van der Waals surface area contributed by atoms with Crippen molar-refractivity contribution in [2.75, 3.05) is 32.1 Å². The number of hydrogen-bond donors (Lipinski definition) is 2. The van der Waals surface area contributed by atoms with Crippen LogP contribution < -0.4 is 10.6 Å². The van der Waals surface area contributed by atoms with E-state index in [1.807, 2.05) is 0 Å². The fourth-order valence-corrected chi connectivity index (χ4v) is 1.28. The number of ether oxygens (including phenoxy) is 1. The Kier molecular flexibility index (Phi) is 6.23. The Morgan fingerprint density at radius 1 is 1.47 bits per heavy atom. The molecule has 0 radical (unpaired) electrons. The van der Waals surface area contributed by atoms with E-state index in [4.69, 9.17) is 4.74 Å². The summed E-state index contributed by atoms with van der Waals surface area (Å²) in [6, 6.07) is 2.86. The third kappa shape index (κ3) is 5.77. The van der Waals surface area contributed by atoms with Crippen molar-refractivity contribution < 1.29 is 14.5 Å². The summed E-state index contributed by atoms with van der Waals surface area (Å²) in [5.74, 6) is 0.404. The van der Waals surface area contributed by atoms with Gasteiger partial charge >= 0.3 is 0 Å². The molecule has 0 bridgehead atoms. The lowest BCUT2D eigenvalue weighted by Gasteiger charge is -2.06. The zero-order valence-electron chi connectivity index (χ0n) is 10.6. The zero-order valence-corrected chi connectivity index (χ0v) is 10.6. The Bertz CT molecular complexity index is 421. The molecule has 0 aliphatic heterocycles. The van der Waals surface area contributed by atoms with Gasteiger partial charge in [0, 0.05) is 32.7 Å². The van der Waals surface area contributed by atoms with Crippen molar-refractivity contribution in [3.8, 4) is 0 Å². The van der Waals surface area contributed by atoms with Crippen LogP contribution in [0.4, 0.5) is 11.5 Å². The molecule has 1 rings (SSSR count). The molecule has 0 aliphatic rings. The predicted molar refractivity (Wildman–Crippen MR) is 68.9 cm³/mol. The lowest BCUT2D eigenvalue weighted by atomic mass is 10.3. The summed E-state index contributed by atoms with van der Waals surface area (Å²) in [5.41, 5.74) is -0.0668. The lowest BCUT2D eigenvalue weighted by Crippen LogP contribution is -2.28. The van der Waals surface area contributed by atoms with Gasteiger partial charge in [-0.05, 0) is 6.07 Å². The Balaban J connectivity index is 2.25. The van der Waals surface area contributed by atoms with Gasteiger partial charge in [0.05, 0.1) is 11.5 Å². The smallest absolute Gasteiger partial charge is 0.287 e. The summed E-state index contributed by atoms with van der Waals surface area (Å²) in [5, 5.41) is 16.0. The Morgan fingerprint density at radius 3 is 2.84 bits per heavy atom. The van der Waals surface area contributed by atoms with Gasteiger partial charge in [-0.25, -0.2) is 4.98 Å². The van der Waals surface area contributed by atoms with Crippen LogP contribution in [0.1, 0.15) is 6.42 Å². The number of carbonyl (C=O) groups excluding carboxylic acids is 1. The molecular weight excluding hydrogens is 252 g/mol. The van der Waals surface area contributed by atoms with E-state index in [0.717, 1.165) is 0 Å². The van der Waals surface area contributed by atoms with Gasteiger partial charge < -0.3 is 15.4 Å². The second-order valence-electron chi connectivity index (χ2n) is 3.68. The van der Waals surface area contributed by atoms with Crippen molar-refractivity contribution in [3.63, 3.8) is 0 Å². The third-order valence-electron chi connectivity index (χ3n) is 2.25. The van der Waals surface area contributed by atoms with Gasteiger partial charge in [0.15, 0.2) is 0 Å². The lowest BCUT2D eigenvalue weighted by molar-refractivity contribution is -0.385. The Morgan fingerprint density at radius 2 is 2.26 bits per heavy atom. The average Bonchev–Trinajstić information content (AvgIpc) is 2.39. The van der Waals surface area contributed by atoms with Crippen molar-refractivity contribution in [2.45, 2.75) is 6.42 Å². The molecule has 1 aromatic heterocycles. The number of hydrogen-bond acceptors (Lipinski definition) is 6. The van der Waals surface area contributed by atoms with Crippen LogP contribution >= 0.6 is 0 Å². The first-order chi connectivity index (χ1) is 9.13. The number of pyridine rings is 1. The van der Waals surface area contributed by atoms with E-state index in [1.165, 1.54) is 18.3 Å². The molecule has 8 heteroatoms. The minimum Gasteiger partial charge on any atom is -0.383 e. The van der Waals surface area contributed by atoms with Gasteiger partial charge in [-0.15, -0.1) is 0 Å². The molecule has 0 spiro atoms. The molecule has 104 valence electrons. The fraction of sp³-hybridized carbons (Fsp3) is 0.455. The van der Waals surface area contributed by atoms with Crippen LogP contribution in [0.25, 0.3) is 0 Å². The van der Waals surface area contributed by atoms with Crippen LogP contribution in [0.3, 0.4) is 0 Å². The highest BCUT2D eigenvalue weighted by molar-refractivity contribution is 5.76. The monoisotopic (exact) mass is 268 g/mol. The van der Waals surface area contributed by atoms with Crippen LogP contribution in [-0.4, -0.2) is 42.6 Å². The van der Waals surface area contributed by atoms with E-state index >= 15 is 0 Å². The van der Waals surface area contributed by atoms with Gasteiger partial charge in [0.2, 0.25) is 5.91 Å². The number of methoxy groups -OCH3 is 1. The number of nitrogens with zero attached hydrogens (tertiary/aromatic N) is 2. The first-order valence-corrected chi connectivity index (χ1v) is 5.73. The van der Waals surface area contributed by atoms with Gasteiger partial charge in [0.25, 0.3) is 5.69 Å². The highest BCUT2D eigenvalue weighted by Crippen LogP contribution is 2.11. The van der Waals surface area contributed by atoms with Crippen LogP contribution in [-0.2, 0) is 9.53 Å². The van der Waals surface area contributed by atoms with E-state index in [-0.39, 0.29) is 11.6 Å². The average molecular weight is 268 g/mol. The van der Waals surface area contributed by atoms with E-state index in [0.29, 0.717) is 31.9 Å². The molecule has 8 nitrogen and oxygen atoms in total. The van der Waals surface area contributed by atoms with Gasteiger partial charge in [-0.3, -0.25) is 14.9 Å². The fourth-order valence-electron chi connectivity index (χ4n) is 1.28. The Hall–Kier alpha value is -2.22. The van der Waals surface area contributed by atoms with E-state index in [1.54, 1.807) is 7.11 Å². The summed E-state index contributed by atoms with van der Waals surface area (Å²) in [7, 11) is 1.56. The SMILES string of the molecule is COCCNC(=O)CCNc1ccc([N+](=O)[O-])cn1. The molecule has 19 heavy (non-hydrogen) atoms. The quantitative estimate of drug-likeness (QED) is 0.405. The maximum Gasteiger partial charge on any atom is 0.287 e. The maximum atomic E-state index is 11.3. The molecule has 0 unspecified atom stereocenters. The number of amides is 1. The minimum absolute atomic E-state index is 0.0668. The number of rotatable bonds is 8. The van der Waals surface area contributed by atoms with Crippen LogP contribution in [0.5, 0.6) is 0 Å². The maximum absolute atomic E-state index is 11.3. The van der Waals surface area contributed by atoms with Crippen molar-refractivity contribution in [1.82, 2.24) is 10.3 Å². The second-order valence-corrected chi connectivity index (χ2v) is 3.68. The van der Waals surface area contributed by atoms with E-state index in [2.05, 4.69) is 15.6 Å². The first kappa shape index (κ1) is 14.8. The molecule has 0 aliphatic carbocycles. The molecule has 1 aromatic rings. The van der Waals surface area contributed by atoms with Crippen LogP contribution in [0.15, 0.2) is 18.3 Å².